The van der Waals surface area contributed by atoms with Gasteiger partial charge < -0.3 is 9.52 Å². The molecular weight excluding hydrogens is 315 g/mol. The van der Waals surface area contributed by atoms with E-state index in [0.717, 1.165) is 5.56 Å². The van der Waals surface area contributed by atoms with Gasteiger partial charge in [-0.05, 0) is 40.2 Å². The molecule has 0 aliphatic heterocycles. The number of rotatable bonds is 2. The third-order valence-corrected chi connectivity index (χ3v) is 3.99. The maximum atomic E-state index is 8.90. The van der Waals surface area contributed by atoms with Crippen molar-refractivity contribution in [1.29, 1.82) is 0 Å². The molecule has 2 aromatic rings. The molecule has 0 amide bonds. The van der Waals surface area contributed by atoms with Crippen molar-refractivity contribution in [3.05, 3.63) is 44.5 Å². The van der Waals surface area contributed by atoms with Gasteiger partial charge in [-0.25, -0.2) is 0 Å². The number of aliphatic hydroxyl groups excluding tert-OH is 1. The van der Waals surface area contributed by atoms with Gasteiger partial charge in [0, 0.05) is 5.56 Å². The van der Waals surface area contributed by atoms with Gasteiger partial charge in [0.15, 0.2) is 0 Å². The SMILES string of the molecule is OCc1ccc(-c2cc(Cl)c(Br)c(Cl)c2)o1. The molecule has 0 radical (unpaired) electrons. The molecule has 0 aliphatic carbocycles. The van der Waals surface area contributed by atoms with E-state index in [9.17, 15) is 0 Å². The fourth-order valence-electron chi connectivity index (χ4n) is 1.32. The summed E-state index contributed by atoms with van der Waals surface area (Å²) in [6.45, 7) is -0.127. The fraction of sp³-hybridized carbons (Fsp3) is 0.0909. The second-order valence-corrected chi connectivity index (χ2v) is 4.79. The van der Waals surface area contributed by atoms with Crippen LogP contribution in [0.15, 0.2) is 33.2 Å². The molecule has 0 bridgehead atoms. The standard InChI is InChI=1S/C11H7BrCl2O2/c12-11-8(13)3-6(4-9(11)14)10-2-1-7(5-15)16-10/h1-4,15H,5H2. The van der Waals surface area contributed by atoms with Crippen LogP contribution in [0.3, 0.4) is 0 Å². The Kier molecular flexibility index (Phi) is 3.60. The van der Waals surface area contributed by atoms with Gasteiger partial charge >= 0.3 is 0 Å². The normalized spacial score (nSPS) is 10.8. The number of hydrogen-bond acceptors (Lipinski definition) is 2. The Labute approximate surface area is 111 Å². The third-order valence-electron chi connectivity index (χ3n) is 2.09. The van der Waals surface area contributed by atoms with E-state index in [2.05, 4.69) is 15.9 Å². The maximum Gasteiger partial charge on any atom is 0.134 e. The fourth-order valence-corrected chi connectivity index (χ4v) is 2.03. The molecule has 0 spiro atoms. The molecule has 1 N–H and O–H groups in total. The molecule has 0 aliphatic rings. The molecule has 0 saturated heterocycles. The van der Waals surface area contributed by atoms with Crippen LogP contribution in [-0.2, 0) is 6.61 Å². The summed E-state index contributed by atoms with van der Waals surface area (Å²) in [5.41, 5.74) is 0.776. The average Bonchev–Trinajstić information content (AvgIpc) is 2.73. The van der Waals surface area contributed by atoms with Crippen molar-refractivity contribution in [2.24, 2.45) is 0 Å². The summed E-state index contributed by atoms with van der Waals surface area (Å²) in [6, 6.07) is 6.97. The molecule has 16 heavy (non-hydrogen) atoms. The highest BCUT2D eigenvalue weighted by Gasteiger charge is 2.09. The van der Waals surface area contributed by atoms with Crippen molar-refractivity contribution < 1.29 is 9.52 Å². The van der Waals surface area contributed by atoms with Crippen LogP contribution in [0.1, 0.15) is 5.76 Å². The van der Waals surface area contributed by atoms with Crippen LogP contribution in [0, 0.1) is 0 Å². The number of halogens is 3. The minimum atomic E-state index is -0.127. The van der Waals surface area contributed by atoms with Gasteiger partial charge in [0.2, 0.25) is 0 Å². The Morgan fingerprint density at radius 3 is 2.31 bits per heavy atom. The first-order valence-electron chi connectivity index (χ1n) is 4.46. The summed E-state index contributed by atoms with van der Waals surface area (Å²) in [4.78, 5) is 0. The topological polar surface area (TPSA) is 33.4 Å². The average molecular weight is 322 g/mol. The van der Waals surface area contributed by atoms with E-state index in [1.807, 2.05) is 0 Å². The van der Waals surface area contributed by atoms with Crippen molar-refractivity contribution in [2.75, 3.05) is 0 Å². The molecular formula is C11H7BrCl2O2. The van der Waals surface area contributed by atoms with Gasteiger partial charge in [0.25, 0.3) is 0 Å². The number of hydrogen-bond donors (Lipinski definition) is 1. The number of benzene rings is 1. The molecule has 2 rings (SSSR count). The highest BCUT2D eigenvalue weighted by Crippen LogP contribution is 2.35. The second kappa shape index (κ2) is 4.80. The maximum absolute atomic E-state index is 8.90. The van der Waals surface area contributed by atoms with Crippen molar-refractivity contribution in [3.8, 4) is 11.3 Å². The molecule has 2 nitrogen and oxygen atoms in total. The summed E-state index contributed by atoms with van der Waals surface area (Å²) in [6.07, 6.45) is 0. The van der Waals surface area contributed by atoms with E-state index >= 15 is 0 Å². The zero-order chi connectivity index (χ0) is 11.7. The van der Waals surface area contributed by atoms with E-state index < -0.39 is 0 Å². The first-order chi connectivity index (χ1) is 7.61. The van der Waals surface area contributed by atoms with Crippen LogP contribution in [0.4, 0.5) is 0 Å². The lowest BCUT2D eigenvalue weighted by atomic mass is 10.2. The van der Waals surface area contributed by atoms with Gasteiger partial charge in [0.1, 0.15) is 18.1 Å². The highest BCUT2D eigenvalue weighted by atomic mass is 79.9. The Bertz CT molecular complexity index is 499. The van der Waals surface area contributed by atoms with Gasteiger partial charge in [-0.2, -0.15) is 0 Å². The summed E-state index contributed by atoms with van der Waals surface area (Å²) in [5, 5.41) is 9.93. The van der Waals surface area contributed by atoms with Gasteiger partial charge in [-0.3, -0.25) is 0 Å². The van der Waals surface area contributed by atoms with E-state index in [0.29, 0.717) is 26.0 Å². The van der Waals surface area contributed by atoms with Gasteiger partial charge in [-0.15, -0.1) is 0 Å². The molecule has 0 unspecified atom stereocenters. The molecule has 1 aromatic carbocycles. The molecule has 0 fully saturated rings. The van der Waals surface area contributed by atoms with E-state index in [1.165, 1.54) is 0 Å². The molecule has 1 heterocycles. The summed E-state index contributed by atoms with van der Waals surface area (Å²) < 4.78 is 6.05. The Hall–Kier alpha value is -0.480. The first kappa shape index (κ1) is 12.0. The monoisotopic (exact) mass is 320 g/mol. The predicted molar refractivity (Wildman–Crippen MR) is 67.8 cm³/mol. The number of aliphatic hydroxyl groups is 1. The van der Waals surface area contributed by atoms with Gasteiger partial charge in [0.05, 0.1) is 14.5 Å². The third kappa shape index (κ3) is 2.28. The van der Waals surface area contributed by atoms with Crippen LogP contribution >= 0.6 is 39.1 Å². The van der Waals surface area contributed by atoms with Crippen molar-refractivity contribution in [3.63, 3.8) is 0 Å². The van der Waals surface area contributed by atoms with Crippen molar-refractivity contribution >= 4 is 39.1 Å². The van der Waals surface area contributed by atoms with E-state index in [1.54, 1.807) is 24.3 Å². The Balaban J connectivity index is 2.48. The molecule has 0 atom stereocenters. The molecule has 1 aromatic heterocycles. The molecule has 84 valence electrons. The predicted octanol–water partition coefficient (Wildman–Crippen LogP) is 4.51. The smallest absolute Gasteiger partial charge is 0.134 e. The van der Waals surface area contributed by atoms with Gasteiger partial charge in [-0.1, -0.05) is 23.2 Å². The van der Waals surface area contributed by atoms with Crippen LogP contribution < -0.4 is 0 Å². The van der Waals surface area contributed by atoms with Crippen molar-refractivity contribution in [1.82, 2.24) is 0 Å². The zero-order valence-corrected chi connectivity index (χ0v) is 11.1. The van der Waals surface area contributed by atoms with E-state index in [4.69, 9.17) is 32.7 Å². The van der Waals surface area contributed by atoms with Crippen LogP contribution in [0.2, 0.25) is 10.0 Å². The lowest BCUT2D eigenvalue weighted by Gasteiger charge is -2.03. The summed E-state index contributed by atoms with van der Waals surface area (Å²) >= 11 is 15.2. The summed E-state index contributed by atoms with van der Waals surface area (Å²) in [7, 11) is 0. The molecule has 5 heteroatoms. The second-order valence-electron chi connectivity index (χ2n) is 3.18. The van der Waals surface area contributed by atoms with Crippen LogP contribution in [-0.4, -0.2) is 5.11 Å². The summed E-state index contributed by atoms with van der Waals surface area (Å²) in [5.74, 6) is 1.13. The largest absolute Gasteiger partial charge is 0.459 e. The quantitative estimate of drug-likeness (QED) is 0.826. The minimum Gasteiger partial charge on any atom is -0.459 e. The van der Waals surface area contributed by atoms with E-state index in [-0.39, 0.29) is 6.61 Å². The minimum absolute atomic E-state index is 0.127. The lowest BCUT2D eigenvalue weighted by Crippen LogP contribution is -1.79. The zero-order valence-electron chi connectivity index (χ0n) is 8.01. The Morgan fingerprint density at radius 2 is 1.81 bits per heavy atom. The van der Waals surface area contributed by atoms with Crippen molar-refractivity contribution in [2.45, 2.75) is 6.61 Å². The first-order valence-corrected chi connectivity index (χ1v) is 6.01. The lowest BCUT2D eigenvalue weighted by molar-refractivity contribution is 0.248. The highest BCUT2D eigenvalue weighted by molar-refractivity contribution is 9.10. The molecule has 0 saturated carbocycles. The van der Waals surface area contributed by atoms with Crippen LogP contribution in [0.25, 0.3) is 11.3 Å². The Morgan fingerprint density at radius 1 is 1.19 bits per heavy atom. The number of furan rings is 1. The van der Waals surface area contributed by atoms with Crippen LogP contribution in [0.5, 0.6) is 0 Å².